The Bertz CT molecular complexity index is 668. The third-order valence-electron chi connectivity index (χ3n) is 4.69. The lowest BCUT2D eigenvalue weighted by molar-refractivity contribution is -0.126. The van der Waals surface area contributed by atoms with Crippen LogP contribution in [0.3, 0.4) is 0 Å². The lowest BCUT2D eigenvalue weighted by Gasteiger charge is -2.31. The monoisotopic (exact) mass is 352 g/mol. The molecule has 0 radical (unpaired) electrons. The Hall–Kier alpha value is -1.40. The molecule has 0 bridgehead atoms. The minimum Gasteiger partial charge on any atom is -0.349 e. The molecule has 1 saturated heterocycles. The molecule has 134 valence electrons. The molecule has 6 heteroatoms. The SMILES string of the molecule is CC(C)c1ccc(C(C)NC(=O)C2CCCN(S(C)(=O)=O)C2)cc1. The van der Waals surface area contributed by atoms with Crippen LogP contribution in [-0.4, -0.2) is 38.0 Å². The summed E-state index contributed by atoms with van der Waals surface area (Å²) >= 11 is 0. The van der Waals surface area contributed by atoms with Crippen LogP contribution in [0.5, 0.6) is 0 Å². The summed E-state index contributed by atoms with van der Waals surface area (Å²) in [6.45, 7) is 7.05. The Balaban J connectivity index is 1.98. The molecule has 0 aromatic heterocycles. The Kier molecular flexibility index (Phi) is 6.04. The smallest absolute Gasteiger partial charge is 0.224 e. The van der Waals surface area contributed by atoms with E-state index in [2.05, 4.69) is 31.3 Å². The summed E-state index contributed by atoms with van der Waals surface area (Å²) in [5, 5.41) is 3.03. The van der Waals surface area contributed by atoms with E-state index < -0.39 is 10.0 Å². The van der Waals surface area contributed by atoms with Crippen LogP contribution in [-0.2, 0) is 14.8 Å². The van der Waals surface area contributed by atoms with Crippen LogP contribution < -0.4 is 5.32 Å². The highest BCUT2D eigenvalue weighted by Gasteiger charge is 2.30. The highest BCUT2D eigenvalue weighted by Crippen LogP contribution is 2.22. The van der Waals surface area contributed by atoms with Gasteiger partial charge in [0.15, 0.2) is 0 Å². The number of carbonyl (C=O) groups excluding carboxylic acids is 1. The Morgan fingerprint density at radius 3 is 2.29 bits per heavy atom. The molecule has 1 aliphatic heterocycles. The summed E-state index contributed by atoms with van der Waals surface area (Å²) in [7, 11) is -3.23. The maximum absolute atomic E-state index is 12.5. The first-order chi connectivity index (χ1) is 11.2. The van der Waals surface area contributed by atoms with Crippen LogP contribution in [0.4, 0.5) is 0 Å². The molecule has 2 atom stereocenters. The number of carbonyl (C=O) groups is 1. The molecule has 1 fully saturated rings. The molecule has 1 aliphatic rings. The Labute approximate surface area is 145 Å². The van der Waals surface area contributed by atoms with Crippen molar-refractivity contribution in [3.63, 3.8) is 0 Å². The zero-order chi connectivity index (χ0) is 17.9. The van der Waals surface area contributed by atoms with E-state index in [9.17, 15) is 13.2 Å². The largest absolute Gasteiger partial charge is 0.349 e. The van der Waals surface area contributed by atoms with Crippen LogP contribution in [0.15, 0.2) is 24.3 Å². The standard InChI is InChI=1S/C18H28N2O3S/c1-13(2)15-7-9-16(10-8-15)14(3)19-18(21)17-6-5-11-20(12-17)24(4,22)23/h7-10,13-14,17H,5-6,11-12H2,1-4H3,(H,19,21). The van der Waals surface area contributed by atoms with E-state index in [0.29, 0.717) is 12.5 Å². The fraction of sp³-hybridized carbons (Fsp3) is 0.611. The molecule has 1 aromatic carbocycles. The summed E-state index contributed by atoms with van der Waals surface area (Å²) in [5.41, 5.74) is 2.33. The van der Waals surface area contributed by atoms with Crippen molar-refractivity contribution in [1.82, 2.24) is 9.62 Å². The van der Waals surface area contributed by atoms with E-state index in [-0.39, 0.29) is 24.4 Å². The van der Waals surface area contributed by atoms with Crippen molar-refractivity contribution in [2.45, 2.75) is 45.6 Å². The van der Waals surface area contributed by atoms with Crippen molar-refractivity contribution < 1.29 is 13.2 Å². The Morgan fingerprint density at radius 2 is 1.75 bits per heavy atom. The molecule has 0 spiro atoms. The quantitative estimate of drug-likeness (QED) is 0.886. The third-order valence-corrected chi connectivity index (χ3v) is 5.96. The zero-order valence-corrected chi connectivity index (χ0v) is 15.8. The molecule has 0 saturated carbocycles. The summed E-state index contributed by atoms with van der Waals surface area (Å²) in [6, 6.07) is 8.18. The third kappa shape index (κ3) is 4.80. The lowest BCUT2D eigenvalue weighted by Crippen LogP contribution is -2.45. The number of sulfonamides is 1. The van der Waals surface area contributed by atoms with Crippen LogP contribution in [0.1, 0.15) is 56.7 Å². The first-order valence-electron chi connectivity index (χ1n) is 8.54. The number of rotatable bonds is 5. The normalized spacial score (nSPS) is 20.8. The summed E-state index contributed by atoms with van der Waals surface area (Å²) in [4.78, 5) is 12.5. The summed E-state index contributed by atoms with van der Waals surface area (Å²) < 4.78 is 24.8. The highest BCUT2D eigenvalue weighted by atomic mass is 32.2. The van der Waals surface area contributed by atoms with E-state index in [1.54, 1.807) is 0 Å². The number of benzene rings is 1. The van der Waals surface area contributed by atoms with Crippen molar-refractivity contribution >= 4 is 15.9 Å². The second-order valence-electron chi connectivity index (χ2n) is 7.01. The molecule has 5 nitrogen and oxygen atoms in total. The fourth-order valence-corrected chi connectivity index (χ4v) is 3.95. The predicted octanol–water partition coefficient (Wildman–Crippen LogP) is 2.66. The van der Waals surface area contributed by atoms with E-state index >= 15 is 0 Å². The molecule has 24 heavy (non-hydrogen) atoms. The molecule has 1 heterocycles. The molecule has 1 amide bonds. The molecule has 1 N–H and O–H groups in total. The maximum Gasteiger partial charge on any atom is 0.224 e. The number of hydrogen-bond acceptors (Lipinski definition) is 3. The van der Waals surface area contributed by atoms with Gasteiger partial charge in [0, 0.05) is 13.1 Å². The molecule has 0 aliphatic carbocycles. The van der Waals surface area contributed by atoms with Gasteiger partial charge in [-0.25, -0.2) is 12.7 Å². The van der Waals surface area contributed by atoms with Crippen molar-refractivity contribution in [3.8, 4) is 0 Å². The van der Waals surface area contributed by atoms with Gasteiger partial charge in [-0.15, -0.1) is 0 Å². The van der Waals surface area contributed by atoms with E-state index in [1.807, 2.05) is 19.1 Å². The van der Waals surface area contributed by atoms with Gasteiger partial charge in [0.1, 0.15) is 0 Å². The lowest BCUT2D eigenvalue weighted by atomic mass is 9.97. The van der Waals surface area contributed by atoms with Crippen LogP contribution >= 0.6 is 0 Å². The van der Waals surface area contributed by atoms with Gasteiger partial charge in [0.25, 0.3) is 0 Å². The van der Waals surface area contributed by atoms with Gasteiger partial charge in [-0.1, -0.05) is 38.1 Å². The summed E-state index contributed by atoms with van der Waals surface area (Å²) in [5.74, 6) is 0.141. The van der Waals surface area contributed by atoms with Crippen LogP contribution in [0.25, 0.3) is 0 Å². The number of piperidine rings is 1. The average molecular weight is 353 g/mol. The first-order valence-corrected chi connectivity index (χ1v) is 10.4. The second-order valence-corrected chi connectivity index (χ2v) is 8.99. The van der Waals surface area contributed by atoms with E-state index in [0.717, 1.165) is 18.4 Å². The van der Waals surface area contributed by atoms with Gasteiger partial charge in [-0.05, 0) is 36.8 Å². The van der Waals surface area contributed by atoms with Gasteiger partial charge in [0.2, 0.25) is 15.9 Å². The van der Waals surface area contributed by atoms with Gasteiger partial charge in [-0.3, -0.25) is 4.79 Å². The van der Waals surface area contributed by atoms with Gasteiger partial charge >= 0.3 is 0 Å². The molecule has 2 unspecified atom stereocenters. The topological polar surface area (TPSA) is 66.5 Å². The number of nitrogens with zero attached hydrogens (tertiary/aromatic N) is 1. The average Bonchev–Trinajstić information content (AvgIpc) is 2.54. The number of amides is 1. The summed E-state index contributed by atoms with van der Waals surface area (Å²) in [6.07, 6.45) is 2.66. The van der Waals surface area contributed by atoms with Gasteiger partial charge < -0.3 is 5.32 Å². The number of nitrogens with one attached hydrogen (secondary N) is 1. The first kappa shape index (κ1) is 18.9. The molecular formula is C18H28N2O3S. The minimum atomic E-state index is -3.23. The minimum absolute atomic E-state index is 0.0659. The van der Waals surface area contributed by atoms with Crippen molar-refractivity contribution in [2.24, 2.45) is 5.92 Å². The maximum atomic E-state index is 12.5. The molecular weight excluding hydrogens is 324 g/mol. The van der Waals surface area contributed by atoms with Crippen molar-refractivity contribution in [1.29, 1.82) is 0 Å². The van der Waals surface area contributed by atoms with E-state index in [1.165, 1.54) is 16.1 Å². The van der Waals surface area contributed by atoms with Crippen LogP contribution in [0.2, 0.25) is 0 Å². The van der Waals surface area contributed by atoms with Crippen LogP contribution in [0, 0.1) is 5.92 Å². The number of hydrogen-bond donors (Lipinski definition) is 1. The van der Waals surface area contributed by atoms with E-state index in [4.69, 9.17) is 0 Å². The predicted molar refractivity (Wildman–Crippen MR) is 96.2 cm³/mol. The molecule has 1 aromatic rings. The zero-order valence-electron chi connectivity index (χ0n) is 15.0. The molecule has 2 rings (SSSR count). The van der Waals surface area contributed by atoms with Crippen molar-refractivity contribution in [3.05, 3.63) is 35.4 Å². The second kappa shape index (κ2) is 7.66. The highest BCUT2D eigenvalue weighted by molar-refractivity contribution is 7.88. The van der Waals surface area contributed by atoms with Crippen molar-refractivity contribution in [2.75, 3.05) is 19.3 Å². The van der Waals surface area contributed by atoms with Gasteiger partial charge in [-0.2, -0.15) is 0 Å². The fourth-order valence-electron chi connectivity index (χ4n) is 3.04. The Morgan fingerprint density at radius 1 is 1.17 bits per heavy atom. The van der Waals surface area contributed by atoms with Gasteiger partial charge in [0.05, 0.1) is 18.2 Å².